The van der Waals surface area contributed by atoms with Crippen LogP contribution in [0.15, 0.2) is 12.2 Å². The first-order valence-corrected chi connectivity index (χ1v) is 9.21. The lowest BCUT2D eigenvalue weighted by Crippen LogP contribution is -2.60. The van der Waals surface area contributed by atoms with Gasteiger partial charge in [-0.15, -0.1) is 0 Å². The van der Waals surface area contributed by atoms with Crippen LogP contribution >= 0.6 is 0 Å². The number of hydrogen-bond donors (Lipinski definition) is 1. The van der Waals surface area contributed by atoms with Gasteiger partial charge in [0, 0.05) is 11.3 Å². The standard InChI is InChI=1S/C20H28O3/c1-12-11-20-10-7-14-18(2,8-4-9-19(14,3)17(22)23)15(20)6-5-13(12)16(20)21/h13-15H,1,4-11H2,2-3H3,(H,22,23)/t13-,14-,15-,18+,19+,20-/m0/s1. The van der Waals surface area contributed by atoms with Gasteiger partial charge in [0.15, 0.2) is 0 Å². The van der Waals surface area contributed by atoms with Gasteiger partial charge in [-0.25, -0.2) is 0 Å². The van der Waals surface area contributed by atoms with Crippen molar-refractivity contribution in [2.45, 2.75) is 65.2 Å². The molecule has 0 aromatic heterocycles. The van der Waals surface area contributed by atoms with Gasteiger partial charge in [-0.05, 0) is 69.1 Å². The lowest BCUT2D eigenvalue weighted by Gasteiger charge is -2.62. The summed E-state index contributed by atoms with van der Waals surface area (Å²) < 4.78 is 0. The molecule has 3 nitrogen and oxygen atoms in total. The Balaban J connectivity index is 1.79. The molecule has 4 aliphatic carbocycles. The van der Waals surface area contributed by atoms with E-state index in [1.807, 2.05) is 6.92 Å². The lowest BCUT2D eigenvalue weighted by atomic mass is 9.41. The Hall–Kier alpha value is -1.12. The zero-order valence-electron chi connectivity index (χ0n) is 14.4. The summed E-state index contributed by atoms with van der Waals surface area (Å²) in [6, 6.07) is 0. The van der Waals surface area contributed by atoms with Crippen LogP contribution in [0.2, 0.25) is 0 Å². The Morgan fingerprint density at radius 3 is 2.57 bits per heavy atom. The van der Waals surface area contributed by atoms with Crippen molar-refractivity contribution in [3.63, 3.8) is 0 Å². The Morgan fingerprint density at radius 2 is 1.87 bits per heavy atom. The van der Waals surface area contributed by atoms with E-state index in [4.69, 9.17) is 0 Å². The van der Waals surface area contributed by atoms with Gasteiger partial charge in [0.1, 0.15) is 5.78 Å². The number of carboxylic acids is 1. The normalized spacial score (nSPS) is 52.0. The molecule has 0 unspecified atom stereocenters. The van der Waals surface area contributed by atoms with Crippen LogP contribution in [0.25, 0.3) is 0 Å². The predicted molar refractivity (Wildman–Crippen MR) is 87.8 cm³/mol. The van der Waals surface area contributed by atoms with Crippen molar-refractivity contribution >= 4 is 11.8 Å². The van der Waals surface area contributed by atoms with Crippen LogP contribution in [0.5, 0.6) is 0 Å². The zero-order chi connectivity index (χ0) is 16.6. The number of carboxylic acid groups (broad SMARTS) is 1. The molecule has 0 amide bonds. The second kappa shape index (κ2) is 4.49. The second-order valence-corrected chi connectivity index (χ2v) is 9.21. The third-order valence-corrected chi connectivity index (χ3v) is 8.39. The number of Topliss-reactive ketones (excluding diaryl/α,β-unsaturated/α-hetero) is 1. The molecule has 0 heterocycles. The van der Waals surface area contributed by atoms with Gasteiger partial charge in [0.2, 0.25) is 0 Å². The van der Waals surface area contributed by atoms with Crippen LogP contribution in [0.1, 0.15) is 65.2 Å². The van der Waals surface area contributed by atoms with Crippen LogP contribution in [-0.4, -0.2) is 16.9 Å². The highest BCUT2D eigenvalue weighted by Gasteiger charge is 2.68. The minimum atomic E-state index is -0.639. The second-order valence-electron chi connectivity index (χ2n) is 9.21. The van der Waals surface area contributed by atoms with E-state index in [0.29, 0.717) is 11.7 Å². The number of carbonyl (C=O) groups is 2. The smallest absolute Gasteiger partial charge is 0.309 e. The molecule has 0 aromatic carbocycles. The molecule has 4 saturated carbocycles. The molecule has 0 saturated heterocycles. The fourth-order valence-electron chi connectivity index (χ4n) is 7.37. The van der Waals surface area contributed by atoms with E-state index in [1.165, 1.54) is 0 Å². The van der Waals surface area contributed by atoms with Crippen molar-refractivity contribution in [3.8, 4) is 0 Å². The lowest BCUT2D eigenvalue weighted by molar-refractivity contribution is -0.183. The number of carbonyl (C=O) groups excluding carboxylic acids is 1. The van der Waals surface area contributed by atoms with Crippen molar-refractivity contribution in [2.24, 2.45) is 34.0 Å². The van der Waals surface area contributed by atoms with Crippen molar-refractivity contribution in [3.05, 3.63) is 12.2 Å². The quantitative estimate of drug-likeness (QED) is 0.737. The Bertz CT molecular complexity index is 608. The van der Waals surface area contributed by atoms with Gasteiger partial charge in [-0.1, -0.05) is 25.5 Å². The molecular formula is C20H28O3. The number of aliphatic carboxylic acids is 1. The van der Waals surface area contributed by atoms with E-state index >= 15 is 0 Å². The number of allylic oxidation sites excluding steroid dienone is 1. The highest BCUT2D eigenvalue weighted by atomic mass is 16.4. The molecule has 3 heteroatoms. The largest absolute Gasteiger partial charge is 0.481 e. The van der Waals surface area contributed by atoms with Crippen LogP contribution < -0.4 is 0 Å². The first-order chi connectivity index (χ1) is 10.8. The van der Waals surface area contributed by atoms with E-state index in [-0.39, 0.29) is 22.7 Å². The van der Waals surface area contributed by atoms with E-state index in [2.05, 4.69) is 13.5 Å². The Labute approximate surface area is 138 Å². The SMILES string of the molecule is C=C1C[C@@]23CC[C@H]4[C@@](C)(CCC[C@@]4(C)C(=O)O)[C@@H]2CC[C@@H]1C3=O. The van der Waals surface area contributed by atoms with Crippen LogP contribution in [0, 0.1) is 34.0 Å². The molecule has 1 spiro atoms. The van der Waals surface area contributed by atoms with Gasteiger partial charge in [0.25, 0.3) is 0 Å². The Morgan fingerprint density at radius 1 is 1.13 bits per heavy atom. The third kappa shape index (κ3) is 1.66. The molecule has 0 aliphatic heterocycles. The van der Waals surface area contributed by atoms with Gasteiger partial charge < -0.3 is 5.11 Å². The van der Waals surface area contributed by atoms with Gasteiger partial charge in [-0.3, -0.25) is 9.59 Å². The van der Waals surface area contributed by atoms with Crippen molar-refractivity contribution < 1.29 is 14.7 Å². The van der Waals surface area contributed by atoms with Crippen molar-refractivity contribution in [2.75, 3.05) is 0 Å². The van der Waals surface area contributed by atoms with Crippen LogP contribution in [-0.2, 0) is 9.59 Å². The fourth-order valence-corrected chi connectivity index (χ4v) is 7.37. The first kappa shape index (κ1) is 15.4. The maximum absolute atomic E-state index is 13.1. The molecule has 126 valence electrons. The molecular weight excluding hydrogens is 288 g/mol. The summed E-state index contributed by atoms with van der Waals surface area (Å²) in [5, 5.41) is 9.89. The fraction of sp³-hybridized carbons (Fsp3) is 0.800. The van der Waals surface area contributed by atoms with Gasteiger partial charge in [0.05, 0.1) is 5.41 Å². The van der Waals surface area contributed by atoms with E-state index < -0.39 is 11.4 Å². The Kier molecular flexibility index (Phi) is 3.01. The molecule has 0 aromatic rings. The van der Waals surface area contributed by atoms with Crippen molar-refractivity contribution in [1.29, 1.82) is 0 Å². The summed E-state index contributed by atoms with van der Waals surface area (Å²) in [6.07, 6.45) is 7.50. The van der Waals surface area contributed by atoms with E-state index in [1.54, 1.807) is 0 Å². The number of fused-ring (bicyclic) bond motifs is 3. The monoisotopic (exact) mass is 316 g/mol. The number of hydrogen-bond acceptors (Lipinski definition) is 2. The molecule has 23 heavy (non-hydrogen) atoms. The number of rotatable bonds is 1. The summed E-state index contributed by atoms with van der Waals surface area (Å²) in [5.74, 6) is 0.466. The summed E-state index contributed by atoms with van der Waals surface area (Å²) >= 11 is 0. The molecule has 0 radical (unpaired) electrons. The summed E-state index contributed by atoms with van der Waals surface area (Å²) in [5.41, 5.74) is 0.317. The molecule has 1 N–H and O–H groups in total. The zero-order valence-corrected chi connectivity index (χ0v) is 14.4. The average molecular weight is 316 g/mol. The maximum Gasteiger partial charge on any atom is 0.309 e. The highest BCUT2D eigenvalue weighted by Crippen LogP contribution is 2.70. The topological polar surface area (TPSA) is 54.4 Å². The molecule has 4 aliphatic rings. The molecule has 6 atom stereocenters. The first-order valence-electron chi connectivity index (χ1n) is 9.21. The third-order valence-electron chi connectivity index (χ3n) is 8.39. The average Bonchev–Trinajstić information content (AvgIpc) is 2.63. The van der Waals surface area contributed by atoms with Crippen LogP contribution in [0.4, 0.5) is 0 Å². The van der Waals surface area contributed by atoms with Crippen molar-refractivity contribution in [1.82, 2.24) is 0 Å². The molecule has 4 fully saturated rings. The minimum absolute atomic E-state index is 0.00507. The summed E-state index contributed by atoms with van der Waals surface area (Å²) in [6.45, 7) is 8.46. The molecule has 2 bridgehead atoms. The predicted octanol–water partition coefficient (Wildman–Crippen LogP) is 4.22. The highest BCUT2D eigenvalue weighted by molar-refractivity contribution is 5.94. The summed E-state index contributed by atoms with van der Waals surface area (Å²) in [7, 11) is 0. The number of ketones is 1. The van der Waals surface area contributed by atoms with Gasteiger partial charge >= 0.3 is 5.97 Å². The van der Waals surface area contributed by atoms with E-state index in [9.17, 15) is 14.7 Å². The van der Waals surface area contributed by atoms with Gasteiger partial charge in [-0.2, -0.15) is 0 Å². The maximum atomic E-state index is 13.1. The summed E-state index contributed by atoms with van der Waals surface area (Å²) in [4.78, 5) is 25.1. The minimum Gasteiger partial charge on any atom is -0.481 e. The van der Waals surface area contributed by atoms with E-state index in [0.717, 1.165) is 56.9 Å². The van der Waals surface area contributed by atoms with Crippen LogP contribution in [0.3, 0.4) is 0 Å². The molecule has 4 rings (SSSR count).